The van der Waals surface area contributed by atoms with E-state index in [4.69, 9.17) is 0 Å². The molecule has 0 aromatic heterocycles. The summed E-state index contributed by atoms with van der Waals surface area (Å²) in [6.07, 6.45) is 7.07. The molecule has 0 saturated carbocycles. The van der Waals surface area contributed by atoms with Gasteiger partial charge in [-0.25, -0.2) is 0 Å². The van der Waals surface area contributed by atoms with Crippen LogP contribution in [0.1, 0.15) is 40.0 Å². The van der Waals surface area contributed by atoms with Gasteiger partial charge in [0.25, 0.3) is 0 Å². The van der Waals surface area contributed by atoms with E-state index in [0.717, 1.165) is 19.1 Å². The molecular formula is C12H20O2. The van der Waals surface area contributed by atoms with Crippen molar-refractivity contribution in [1.82, 2.24) is 0 Å². The van der Waals surface area contributed by atoms with E-state index in [1.54, 1.807) is 6.92 Å². The number of aliphatic hydroxyl groups is 1. The van der Waals surface area contributed by atoms with E-state index in [-0.39, 0.29) is 5.41 Å². The Balaban J connectivity index is 2.79. The molecule has 0 bridgehead atoms. The lowest BCUT2D eigenvalue weighted by Gasteiger charge is -2.35. The largest absolute Gasteiger partial charge is 0.393 e. The standard InChI is InChI=1S/C12H20O2/c1-10(14)8-12(9-13)6-4-11(2,3)5-7-12/h4,6,9-10,14H,5,7-8H2,1-3H3. The van der Waals surface area contributed by atoms with Crippen LogP contribution in [0.4, 0.5) is 0 Å². The molecule has 0 saturated heterocycles. The van der Waals surface area contributed by atoms with E-state index in [2.05, 4.69) is 19.9 Å². The van der Waals surface area contributed by atoms with Crippen molar-refractivity contribution in [3.8, 4) is 0 Å². The number of allylic oxidation sites excluding steroid dienone is 2. The van der Waals surface area contributed by atoms with E-state index in [9.17, 15) is 9.90 Å². The highest BCUT2D eigenvalue weighted by molar-refractivity contribution is 5.63. The number of carbonyl (C=O) groups excluding carboxylic acids is 1. The maximum absolute atomic E-state index is 11.1. The Morgan fingerprint density at radius 2 is 2.07 bits per heavy atom. The van der Waals surface area contributed by atoms with Gasteiger partial charge in [-0.2, -0.15) is 0 Å². The summed E-state index contributed by atoms with van der Waals surface area (Å²) in [5.41, 5.74) is -0.213. The van der Waals surface area contributed by atoms with Crippen molar-refractivity contribution in [3.63, 3.8) is 0 Å². The van der Waals surface area contributed by atoms with Gasteiger partial charge < -0.3 is 9.90 Å². The Bertz CT molecular complexity index is 241. The highest BCUT2D eigenvalue weighted by Crippen LogP contribution is 2.40. The number of hydrogen-bond donors (Lipinski definition) is 1. The lowest BCUT2D eigenvalue weighted by molar-refractivity contribution is -0.116. The van der Waals surface area contributed by atoms with E-state index >= 15 is 0 Å². The normalized spacial score (nSPS) is 32.6. The average molecular weight is 196 g/mol. The van der Waals surface area contributed by atoms with Crippen molar-refractivity contribution >= 4 is 6.29 Å². The summed E-state index contributed by atoms with van der Waals surface area (Å²) >= 11 is 0. The molecule has 80 valence electrons. The third-order valence-corrected chi connectivity index (χ3v) is 3.01. The zero-order valence-electron chi connectivity index (χ0n) is 9.29. The predicted molar refractivity (Wildman–Crippen MR) is 56.9 cm³/mol. The summed E-state index contributed by atoms with van der Waals surface area (Å²) in [5.74, 6) is 0. The minimum absolute atomic E-state index is 0.200. The fraction of sp³-hybridized carbons (Fsp3) is 0.750. The van der Waals surface area contributed by atoms with Crippen molar-refractivity contribution in [2.45, 2.75) is 46.1 Å². The van der Waals surface area contributed by atoms with Crippen LogP contribution in [0.3, 0.4) is 0 Å². The number of rotatable bonds is 3. The van der Waals surface area contributed by atoms with Crippen LogP contribution < -0.4 is 0 Å². The lowest BCUT2D eigenvalue weighted by Crippen LogP contribution is -2.30. The lowest BCUT2D eigenvalue weighted by atomic mass is 9.69. The molecule has 1 N–H and O–H groups in total. The van der Waals surface area contributed by atoms with Crippen LogP contribution in [0, 0.1) is 10.8 Å². The van der Waals surface area contributed by atoms with Gasteiger partial charge in [0.05, 0.1) is 6.10 Å². The molecule has 2 unspecified atom stereocenters. The van der Waals surface area contributed by atoms with Gasteiger partial charge in [0.15, 0.2) is 0 Å². The van der Waals surface area contributed by atoms with Crippen molar-refractivity contribution in [1.29, 1.82) is 0 Å². The predicted octanol–water partition coefficient (Wildman–Crippen LogP) is 2.32. The number of carbonyl (C=O) groups is 1. The summed E-state index contributed by atoms with van der Waals surface area (Å²) in [5, 5.41) is 9.34. The first-order valence-electron chi connectivity index (χ1n) is 5.24. The van der Waals surface area contributed by atoms with Crippen LogP contribution in [-0.4, -0.2) is 17.5 Å². The van der Waals surface area contributed by atoms with E-state index in [0.29, 0.717) is 6.42 Å². The highest BCUT2D eigenvalue weighted by Gasteiger charge is 2.34. The zero-order chi connectivity index (χ0) is 10.8. The van der Waals surface area contributed by atoms with Gasteiger partial charge in [-0.1, -0.05) is 26.0 Å². The summed E-state index contributed by atoms with van der Waals surface area (Å²) in [6.45, 7) is 6.07. The van der Waals surface area contributed by atoms with Crippen LogP contribution in [0.5, 0.6) is 0 Å². The van der Waals surface area contributed by atoms with Crippen LogP contribution in [0.2, 0.25) is 0 Å². The minimum Gasteiger partial charge on any atom is -0.393 e. The molecular weight excluding hydrogens is 176 g/mol. The highest BCUT2D eigenvalue weighted by atomic mass is 16.3. The SMILES string of the molecule is CC(O)CC1(C=O)C=CC(C)(C)CC1. The van der Waals surface area contributed by atoms with Crippen LogP contribution in [0.15, 0.2) is 12.2 Å². The fourth-order valence-electron chi connectivity index (χ4n) is 1.98. The third-order valence-electron chi connectivity index (χ3n) is 3.01. The zero-order valence-corrected chi connectivity index (χ0v) is 9.29. The topological polar surface area (TPSA) is 37.3 Å². The summed E-state index contributed by atoms with van der Waals surface area (Å²) in [6, 6.07) is 0. The second-order valence-corrected chi connectivity index (χ2v) is 5.23. The first-order chi connectivity index (χ1) is 6.39. The monoisotopic (exact) mass is 196 g/mol. The molecule has 2 atom stereocenters. The maximum Gasteiger partial charge on any atom is 0.130 e. The molecule has 0 aliphatic heterocycles. The molecule has 1 aliphatic carbocycles. The first-order valence-corrected chi connectivity index (χ1v) is 5.24. The van der Waals surface area contributed by atoms with Gasteiger partial charge in [0, 0.05) is 5.41 Å². The fourth-order valence-corrected chi connectivity index (χ4v) is 1.98. The van der Waals surface area contributed by atoms with Gasteiger partial charge in [-0.15, -0.1) is 0 Å². The smallest absolute Gasteiger partial charge is 0.130 e. The summed E-state index contributed by atoms with van der Waals surface area (Å²) in [4.78, 5) is 11.1. The molecule has 2 nitrogen and oxygen atoms in total. The molecule has 14 heavy (non-hydrogen) atoms. The second kappa shape index (κ2) is 3.85. The van der Waals surface area contributed by atoms with Crippen molar-refractivity contribution in [3.05, 3.63) is 12.2 Å². The van der Waals surface area contributed by atoms with Gasteiger partial charge in [0.1, 0.15) is 6.29 Å². The van der Waals surface area contributed by atoms with E-state index < -0.39 is 11.5 Å². The second-order valence-electron chi connectivity index (χ2n) is 5.23. The molecule has 2 heteroatoms. The maximum atomic E-state index is 11.1. The molecule has 0 aromatic rings. The number of aliphatic hydroxyl groups excluding tert-OH is 1. The first kappa shape index (κ1) is 11.4. The van der Waals surface area contributed by atoms with Crippen LogP contribution in [-0.2, 0) is 4.79 Å². The molecule has 0 radical (unpaired) electrons. The summed E-state index contributed by atoms with van der Waals surface area (Å²) < 4.78 is 0. The molecule has 0 aromatic carbocycles. The molecule has 0 amide bonds. The van der Waals surface area contributed by atoms with E-state index in [1.807, 2.05) is 6.08 Å². The number of aldehydes is 1. The van der Waals surface area contributed by atoms with Crippen molar-refractivity contribution in [2.75, 3.05) is 0 Å². The van der Waals surface area contributed by atoms with Crippen molar-refractivity contribution < 1.29 is 9.90 Å². The van der Waals surface area contributed by atoms with Gasteiger partial charge in [0.2, 0.25) is 0 Å². The van der Waals surface area contributed by atoms with Crippen LogP contribution in [0.25, 0.3) is 0 Å². The van der Waals surface area contributed by atoms with Gasteiger partial charge in [-0.05, 0) is 31.6 Å². The van der Waals surface area contributed by atoms with E-state index in [1.165, 1.54) is 0 Å². The molecule has 0 fully saturated rings. The Hall–Kier alpha value is -0.630. The van der Waals surface area contributed by atoms with Crippen molar-refractivity contribution in [2.24, 2.45) is 10.8 Å². The quantitative estimate of drug-likeness (QED) is 0.555. The Labute approximate surface area is 86.0 Å². The number of hydrogen-bond acceptors (Lipinski definition) is 2. The van der Waals surface area contributed by atoms with Gasteiger partial charge in [-0.3, -0.25) is 0 Å². The Morgan fingerprint density at radius 3 is 2.43 bits per heavy atom. The molecule has 0 heterocycles. The summed E-state index contributed by atoms with van der Waals surface area (Å²) in [7, 11) is 0. The minimum atomic E-state index is -0.413. The molecule has 1 aliphatic rings. The Morgan fingerprint density at radius 1 is 1.43 bits per heavy atom. The van der Waals surface area contributed by atoms with Gasteiger partial charge >= 0.3 is 0 Å². The molecule has 0 spiro atoms. The Kier molecular flexibility index (Phi) is 3.15. The van der Waals surface area contributed by atoms with Crippen LogP contribution >= 0.6 is 0 Å². The third kappa shape index (κ3) is 2.68. The molecule has 1 rings (SSSR count). The average Bonchev–Trinajstić information content (AvgIpc) is 2.09.